The summed E-state index contributed by atoms with van der Waals surface area (Å²) in [6.45, 7) is 0.934. The fourth-order valence-electron chi connectivity index (χ4n) is 5.00. The summed E-state index contributed by atoms with van der Waals surface area (Å²) in [5.74, 6) is 1.57. The number of aromatic hydroxyl groups is 1. The van der Waals surface area contributed by atoms with Crippen molar-refractivity contribution in [3.8, 4) is 5.75 Å². The number of hydrogen-bond donors (Lipinski definition) is 2. The summed E-state index contributed by atoms with van der Waals surface area (Å²) in [7, 11) is 0. The van der Waals surface area contributed by atoms with Crippen LogP contribution in [0.5, 0.6) is 5.75 Å². The zero-order chi connectivity index (χ0) is 18.8. The molecule has 0 amide bonds. The van der Waals surface area contributed by atoms with Gasteiger partial charge in [-0.25, -0.2) is 0 Å². The van der Waals surface area contributed by atoms with E-state index in [1.807, 2.05) is 24.3 Å². The minimum absolute atomic E-state index is 0.392. The molecular weight excluding hydrogens is 377 g/mol. The van der Waals surface area contributed by atoms with Crippen LogP contribution in [0.4, 0.5) is 0 Å². The van der Waals surface area contributed by atoms with Crippen molar-refractivity contribution < 1.29 is 5.11 Å². The quantitative estimate of drug-likeness (QED) is 0.644. The molecule has 0 heterocycles. The van der Waals surface area contributed by atoms with Gasteiger partial charge in [0.15, 0.2) is 0 Å². The highest BCUT2D eigenvalue weighted by Crippen LogP contribution is 2.43. The molecule has 27 heavy (non-hydrogen) atoms. The van der Waals surface area contributed by atoms with Crippen molar-refractivity contribution in [3.05, 3.63) is 63.1 Å². The molecule has 0 saturated heterocycles. The van der Waals surface area contributed by atoms with Crippen molar-refractivity contribution in [2.45, 2.75) is 56.9 Å². The average molecular weight is 404 g/mol. The Morgan fingerprint density at radius 1 is 0.963 bits per heavy atom. The number of hydrogen-bond acceptors (Lipinski definition) is 2. The van der Waals surface area contributed by atoms with Crippen LogP contribution < -0.4 is 5.32 Å². The molecule has 2 aliphatic rings. The van der Waals surface area contributed by atoms with Gasteiger partial charge < -0.3 is 10.4 Å². The van der Waals surface area contributed by atoms with E-state index in [4.69, 9.17) is 23.2 Å². The third-order valence-electron chi connectivity index (χ3n) is 6.32. The lowest BCUT2D eigenvalue weighted by molar-refractivity contribution is 0.237. The predicted molar refractivity (Wildman–Crippen MR) is 113 cm³/mol. The Morgan fingerprint density at radius 2 is 1.81 bits per heavy atom. The number of phenolic OH excluding ortho intramolecular Hbond substituents is 1. The second kappa shape index (κ2) is 8.43. The minimum Gasteiger partial charge on any atom is -0.508 e. The van der Waals surface area contributed by atoms with E-state index in [0.717, 1.165) is 19.4 Å². The number of rotatable bonds is 4. The fraction of sp³-hybridized carbons (Fsp3) is 0.478. The zero-order valence-electron chi connectivity index (χ0n) is 15.6. The second-order valence-electron chi connectivity index (χ2n) is 8.07. The van der Waals surface area contributed by atoms with Gasteiger partial charge in [-0.1, -0.05) is 54.6 Å². The van der Waals surface area contributed by atoms with Crippen molar-refractivity contribution in [1.29, 1.82) is 0 Å². The zero-order valence-corrected chi connectivity index (χ0v) is 17.1. The number of phenols is 1. The van der Waals surface area contributed by atoms with Crippen LogP contribution in [0.2, 0.25) is 10.0 Å². The Morgan fingerprint density at radius 3 is 2.67 bits per heavy atom. The maximum atomic E-state index is 10.0. The lowest BCUT2D eigenvalue weighted by Crippen LogP contribution is -2.46. The molecule has 1 fully saturated rings. The van der Waals surface area contributed by atoms with Crippen LogP contribution >= 0.6 is 23.2 Å². The van der Waals surface area contributed by atoms with Crippen molar-refractivity contribution in [3.63, 3.8) is 0 Å². The van der Waals surface area contributed by atoms with Crippen LogP contribution in [0, 0.1) is 5.92 Å². The van der Waals surface area contributed by atoms with Crippen LogP contribution in [0.1, 0.15) is 54.7 Å². The Labute approximate surface area is 171 Å². The summed E-state index contributed by atoms with van der Waals surface area (Å²) < 4.78 is 0. The Balaban J connectivity index is 1.50. The normalized spacial score (nSPS) is 24.7. The summed E-state index contributed by atoms with van der Waals surface area (Å²) in [5.41, 5.74) is 4.01. The third-order valence-corrected chi connectivity index (χ3v) is 7.06. The van der Waals surface area contributed by atoms with Gasteiger partial charge in [-0.05, 0) is 85.0 Å². The highest BCUT2D eigenvalue weighted by Gasteiger charge is 2.36. The molecular formula is C23H27Cl2NO. The lowest BCUT2D eigenvalue weighted by Gasteiger charge is -2.42. The van der Waals surface area contributed by atoms with E-state index in [1.54, 1.807) is 0 Å². The van der Waals surface area contributed by atoms with Crippen molar-refractivity contribution in [2.75, 3.05) is 6.54 Å². The lowest BCUT2D eigenvalue weighted by atomic mass is 9.68. The molecule has 0 radical (unpaired) electrons. The molecule has 0 unspecified atom stereocenters. The van der Waals surface area contributed by atoms with E-state index in [0.29, 0.717) is 33.7 Å². The first-order valence-corrected chi connectivity index (χ1v) is 10.9. The molecule has 2 N–H and O–H groups in total. The second-order valence-corrected chi connectivity index (χ2v) is 8.88. The van der Waals surface area contributed by atoms with Crippen LogP contribution in [0.3, 0.4) is 0 Å². The van der Waals surface area contributed by atoms with Crippen LogP contribution in [0.15, 0.2) is 36.4 Å². The molecule has 0 spiro atoms. The van der Waals surface area contributed by atoms with Gasteiger partial charge in [0.2, 0.25) is 0 Å². The van der Waals surface area contributed by atoms with Crippen LogP contribution in [0.25, 0.3) is 0 Å². The van der Waals surface area contributed by atoms with Crippen molar-refractivity contribution in [1.82, 2.24) is 5.32 Å². The summed E-state index contributed by atoms with van der Waals surface area (Å²) in [5, 5.41) is 15.1. The Kier molecular flexibility index (Phi) is 5.96. The standard InChI is InChI=1S/C23H27Cl2NO/c24-21-9-6-15(12-22(21)25)10-11-26-23-17-4-2-1-3-5-19(23)20-14-18(27)8-7-16(20)13-17/h6-9,12,14,17,19,23,26-27H,1-5,10-11,13H2/t17-,19+,23-/m0/s1. The molecule has 0 aliphatic heterocycles. The fourth-order valence-corrected chi connectivity index (χ4v) is 5.32. The maximum Gasteiger partial charge on any atom is 0.115 e. The first kappa shape index (κ1) is 19.1. The van der Waals surface area contributed by atoms with E-state index in [9.17, 15) is 5.11 Å². The molecule has 0 aromatic heterocycles. The molecule has 2 aliphatic carbocycles. The van der Waals surface area contributed by atoms with Crippen molar-refractivity contribution in [2.24, 2.45) is 5.92 Å². The smallest absolute Gasteiger partial charge is 0.115 e. The summed E-state index contributed by atoms with van der Waals surface area (Å²) in [6, 6.07) is 12.4. The van der Waals surface area contributed by atoms with Crippen LogP contribution in [-0.2, 0) is 12.8 Å². The number of halogens is 2. The monoisotopic (exact) mass is 403 g/mol. The van der Waals surface area contributed by atoms with Gasteiger partial charge in [0.25, 0.3) is 0 Å². The summed E-state index contributed by atoms with van der Waals surface area (Å²) in [6.07, 6.45) is 8.50. The number of fused-ring (bicyclic) bond motifs is 4. The molecule has 3 atom stereocenters. The SMILES string of the molecule is Oc1ccc2c(c1)[C@H]1CCCCC[C@@H](C2)[C@@H]1NCCc1ccc(Cl)c(Cl)c1. The van der Waals surface area contributed by atoms with E-state index >= 15 is 0 Å². The number of benzene rings is 2. The van der Waals surface area contributed by atoms with Gasteiger partial charge >= 0.3 is 0 Å². The summed E-state index contributed by atoms with van der Waals surface area (Å²) >= 11 is 12.2. The topological polar surface area (TPSA) is 32.3 Å². The van der Waals surface area contributed by atoms with Gasteiger partial charge in [0.05, 0.1) is 10.0 Å². The van der Waals surface area contributed by atoms with Crippen LogP contribution in [-0.4, -0.2) is 17.7 Å². The van der Waals surface area contributed by atoms with Crippen molar-refractivity contribution >= 4 is 23.2 Å². The van der Waals surface area contributed by atoms with E-state index < -0.39 is 0 Å². The van der Waals surface area contributed by atoms with Gasteiger partial charge in [-0.15, -0.1) is 0 Å². The third kappa shape index (κ3) is 4.29. The highest BCUT2D eigenvalue weighted by atomic mass is 35.5. The van der Waals surface area contributed by atoms with Gasteiger partial charge in [0, 0.05) is 6.04 Å². The minimum atomic E-state index is 0.392. The maximum absolute atomic E-state index is 10.0. The first-order valence-electron chi connectivity index (χ1n) is 10.1. The summed E-state index contributed by atoms with van der Waals surface area (Å²) in [4.78, 5) is 0. The Bertz CT molecular complexity index is 807. The molecule has 144 valence electrons. The first-order chi connectivity index (χ1) is 13.1. The van der Waals surface area contributed by atoms with E-state index in [-0.39, 0.29) is 0 Å². The molecule has 4 rings (SSSR count). The molecule has 4 heteroatoms. The van der Waals surface area contributed by atoms with Gasteiger partial charge in [-0.3, -0.25) is 0 Å². The molecule has 1 saturated carbocycles. The Hall–Kier alpha value is -1.22. The number of nitrogens with one attached hydrogen (secondary N) is 1. The van der Waals surface area contributed by atoms with Gasteiger partial charge in [-0.2, -0.15) is 0 Å². The highest BCUT2D eigenvalue weighted by molar-refractivity contribution is 6.42. The van der Waals surface area contributed by atoms with Gasteiger partial charge in [0.1, 0.15) is 5.75 Å². The van der Waals surface area contributed by atoms with E-state index in [2.05, 4.69) is 17.4 Å². The molecule has 2 aromatic rings. The molecule has 2 nitrogen and oxygen atoms in total. The largest absolute Gasteiger partial charge is 0.508 e. The molecule has 2 bridgehead atoms. The van der Waals surface area contributed by atoms with E-state index in [1.165, 1.54) is 48.8 Å². The average Bonchev–Trinajstić information content (AvgIpc) is 2.64. The predicted octanol–water partition coefficient (Wildman–Crippen LogP) is 6.12. The molecule has 2 aromatic carbocycles.